The molecule has 0 fully saturated rings. The average molecular weight is 212 g/mol. The predicted molar refractivity (Wildman–Crippen MR) is 66.0 cm³/mol. The van der Waals surface area contributed by atoms with Crippen molar-refractivity contribution in [2.75, 3.05) is 7.05 Å². The average Bonchev–Trinajstić information content (AvgIpc) is 2.29. The van der Waals surface area contributed by atoms with Gasteiger partial charge in [-0.2, -0.15) is 0 Å². The van der Waals surface area contributed by atoms with E-state index in [4.69, 9.17) is 0 Å². The fraction of sp³-hybridized carbons (Fsp3) is 0.143. The first-order valence-corrected chi connectivity index (χ1v) is 5.44. The molecule has 1 aliphatic heterocycles. The smallest absolute Gasteiger partial charge is 0.173 e. The second-order valence-electron chi connectivity index (χ2n) is 4.42. The van der Waals surface area contributed by atoms with Gasteiger partial charge in [-0.1, -0.05) is 30.4 Å². The van der Waals surface area contributed by atoms with Crippen LogP contribution in [-0.4, -0.2) is 18.3 Å². The minimum atomic E-state index is -0.0944. The van der Waals surface area contributed by atoms with E-state index in [0.717, 1.165) is 16.8 Å². The molecule has 0 bridgehead atoms. The highest BCUT2D eigenvalue weighted by Crippen LogP contribution is 2.37. The number of rotatable bonds is 0. The van der Waals surface area contributed by atoms with E-state index >= 15 is 0 Å². The monoisotopic (exact) mass is 212 g/mol. The van der Waals surface area contributed by atoms with Crippen molar-refractivity contribution in [3.8, 4) is 0 Å². The molecule has 80 valence electrons. The molecule has 16 heavy (non-hydrogen) atoms. The summed E-state index contributed by atoms with van der Waals surface area (Å²) in [5.74, 6) is 0. The number of nitrogens with zero attached hydrogens (tertiary/aromatic N) is 1. The Morgan fingerprint density at radius 2 is 2.00 bits per heavy atom. The number of fused-ring (bicyclic) bond motifs is 2. The van der Waals surface area contributed by atoms with Gasteiger partial charge in [0.15, 0.2) is 11.7 Å². The molecule has 0 saturated carbocycles. The van der Waals surface area contributed by atoms with Crippen LogP contribution in [0.3, 0.4) is 0 Å². The first-order valence-electron chi connectivity index (χ1n) is 5.44. The Kier molecular flexibility index (Phi) is 1.90. The number of para-hydroxylation sites is 1. The third kappa shape index (κ3) is 1.21. The Balaban J connectivity index is 2.26. The molecule has 0 radical (unpaired) electrons. The van der Waals surface area contributed by atoms with Crippen LogP contribution in [0.4, 0.5) is 5.69 Å². The number of likely N-dealkylation sites (N-methyl/N-ethyl adjacent to an activating group) is 1. The van der Waals surface area contributed by atoms with Crippen molar-refractivity contribution < 1.29 is 5.21 Å². The third-order valence-corrected chi connectivity index (χ3v) is 3.32. The molecule has 2 atom stereocenters. The number of quaternary nitrogens is 1. The molecule has 0 amide bonds. The van der Waals surface area contributed by atoms with Gasteiger partial charge < -0.3 is 0 Å². The summed E-state index contributed by atoms with van der Waals surface area (Å²) in [7, 11) is 1.83. The number of hydrogen-bond donors (Lipinski definition) is 1. The van der Waals surface area contributed by atoms with Crippen LogP contribution >= 0.6 is 0 Å². The zero-order valence-corrected chi connectivity index (χ0v) is 9.17. The number of hydroxylamine groups is 2. The largest absolute Gasteiger partial charge is 0.211 e. The normalized spacial score (nSPS) is 30.6. The summed E-state index contributed by atoms with van der Waals surface area (Å²) < 4.78 is -0.0944. The van der Waals surface area contributed by atoms with E-state index in [-0.39, 0.29) is 10.7 Å². The molecule has 1 N–H and O–H groups in total. The Morgan fingerprint density at radius 3 is 2.88 bits per heavy atom. The van der Waals surface area contributed by atoms with E-state index < -0.39 is 0 Å². The minimum absolute atomic E-state index is 0.0138. The van der Waals surface area contributed by atoms with Crippen molar-refractivity contribution in [3.63, 3.8) is 0 Å². The molecular weight excluding hydrogens is 198 g/mol. The molecule has 0 spiro atoms. The molecule has 1 aliphatic carbocycles. The lowest BCUT2D eigenvalue weighted by Gasteiger charge is -2.37. The van der Waals surface area contributed by atoms with Gasteiger partial charge in [0.1, 0.15) is 7.05 Å². The summed E-state index contributed by atoms with van der Waals surface area (Å²) in [6.45, 7) is 0. The topological polar surface area (TPSA) is 20.2 Å². The summed E-state index contributed by atoms with van der Waals surface area (Å²) in [6.07, 6.45) is 10.3. The van der Waals surface area contributed by atoms with Crippen molar-refractivity contribution in [2.24, 2.45) is 0 Å². The highest BCUT2D eigenvalue weighted by atomic mass is 16.5. The molecule has 1 aromatic carbocycles. The van der Waals surface area contributed by atoms with E-state index in [9.17, 15) is 5.21 Å². The molecule has 0 saturated heterocycles. The molecule has 1 aromatic rings. The zero-order valence-electron chi connectivity index (χ0n) is 9.17. The van der Waals surface area contributed by atoms with Crippen molar-refractivity contribution in [3.05, 3.63) is 59.7 Å². The first-order chi connectivity index (χ1) is 7.69. The van der Waals surface area contributed by atoms with Gasteiger partial charge in [0, 0.05) is 17.2 Å². The summed E-state index contributed by atoms with van der Waals surface area (Å²) >= 11 is 0. The Hall–Kier alpha value is -1.64. The van der Waals surface area contributed by atoms with Gasteiger partial charge in [-0.15, -0.1) is 4.65 Å². The standard InChI is InChI=1S/C14H14NO/c1-15(16)13-8-4-2-6-11(13)10-12-7-3-5-9-14(12)15/h2-10,13,16H,1H3/q+1. The maximum atomic E-state index is 10.6. The highest BCUT2D eigenvalue weighted by Gasteiger charge is 2.39. The minimum Gasteiger partial charge on any atom is -0.211 e. The zero-order chi connectivity index (χ0) is 11.2. The molecule has 0 aromatic heterocycles. The van der Waals surface area contributed by atoms with Crippen molar-refractivity contribution in [2.45, 2.75) is 6.04 Å². The molecule has 2 unspecified atom stereocenters. The predicted octanol–water partition coefficient (Wildman–Crippen LogP) is 2.90. The quantitative estimate of drug-likeness (QED) is 0.656. The lowest BCUT2D eigenvalue weighted by atomic mass is 9.92. The number of hydrogen-bond acceptors (Lipinski definition) is 1. The lowest BCUT2D eigenvalue weighted by molar-refractivity contribution is -0.0681. The molecule has 1 heterocycles. The second-order valence-corrected chi connectivity index (χ2v) is 4.42. The third-order valence-electron chi connectivity index (χ3n) is 3.32. The van der Waals surface area contributed by atoms with Gasteiger partial charge >= 0.3 is 0 Å². The van der Waals surface area contributed by atoms with Crippen molar-refractivity contribution in [1.82, 2.24) is 4.65 Å². The van der Waals surface area contributed by atoms with Gasteiger partial charge in [-0.3, -0.25) is 0 Å². The Bertz CT molecular complexity index is 523. The van der Waals surface area contributed by atoms with Gasteiger partial charge in [0.25, 0.3) is 0 Å². The molecule has 2 aliphatic rings. The van der Waals surface area contributed by atoms with E-state index in [2.05, 4.69) is 12.2 Å². The summed E-state index contributed by atoms with van der Waals surface area (Å²) in [5, 5.41) is 10.6. The van der Waals surface area contributed by atoms with Crippen molar-refractivity contribution >= 4 is 11.8 Å². The maximum absolute atomic E-state index is 10.6. The SMILES string of the molecule is C[N+]1(O)c2ccccc2C=C2C=CC=CC21. The molecule has 2 heteroatoms. The molecular formula is C14H14NO+. The van der Waals surface area contributed by atoms with Crippen LogP contribution in [0, 0.1) is 0 Å². The van der Waals surface area contributed by atoms with E-state index in [0.29, 0.717) is 0 Å². The molecule has 2 nitrogen and oxygen atoms in total. The maximum Gasteiger partial charge on any atom is 0.173 e. The van der Waals surface area contributed by atoms with Crippen LogP contribution in [0.2, 0.25) is 0 Å². The highest BCUT2D eigenvalue weighted by molar-refractivity contribution is 5.74. The fourth-order valence-electron chi connectivity index (χ4n) is 2.49. The second kappa shape index (κ2) is 3.17. The van der Waals surface area contributed by atoms with Gasteiger partial charge in [-0.25, -0.2) is 5.21 Å². The van der Waals surface area contributed by atoms with E-state index in [1.807, 2.05) is 49.5 Å². The molecule has 3 rings (SSSR count). The van der Waals surface area contributed by atoms with Crippen LogP contribution in [-0.2, 0) is 0 Å². The first kappa shape index (κ1) is 9.58. The van der Waals surface area contributed by atoms with Gasteiger partial charge in [0.05, 0.1) is 0 Å². The van der Waals surface area contributed by atoms with Gasteiger partial charge in [-0.05, 0) is 18.2 Å². The van der Waals surface area contributed by atoms with Crippen LogP contribution < -0.4 is 4.65 Å². The number of benzene rings is 1. The summed E-state index contributed by atoms with van der Waals surface area (Å²) in [4.78, 5) is 0. The number of allylic oxidation sites excluding steroid dienone is 2. The van der Waals surface area contributed by atoms with E-state index in [1.165, 1.54) is 0 Å². The summed E-state index contributed by atoms with van der Waals surface area (Å²) in [6, 6.07) is 8.00. The van der Waals surface area contributed by atoms with Crippen LogP contribution in [0.1, 0.15) is 5.56 Å². The lowest BCUT2D eigenvalue weighted by Crippen LogP contribution is -2.52. The Labute approximate surface area is 95.0 Å². The fourth-order valence-corrected chi connectivity index (χ4v) is 2.49. The van der Waals surface area contributed by atoms with E-state index in [1.54, 1.807) is 0 Å². The summed E-state index contributed by atoms with van der Waals surface area (Å²) in [5.41, 5.74) is 3.21. The van der Waals surface area contributed by atoms with Gasteiger partial charge in [0.2, 0.25) is 0 Å². The van der Waals surface area contributed by atoms with Crippen LogP contribution in [0.25, 0.3) is 6.08 Å². The Morgan fingerprint density at radius 1 is 1.19 bits per heavy atom. The van der Waals surface area contributed by atoms with Crippen LogP contribution in [0.5, 0.6) is 0 Å². The van der Waals surface area contributed by atoms with Crippen LogP contribution in [0.15, 0.2) is 54.1 Å². The van der Waals surface area contributed by atoms with Crippen molar-refractivity contribution in [1.29, 1.82) is 0 Å².